The van der Waals surface area contributed by atoms with Crippen molar-refractivity contribution < 1.29 is 4.39 Å². The zero-order valence-electron chi connectivity index (χ0n) is 7.54. The average molecular weight is 284 g/mol. The van der Waals surface area contributed by atoms with Gasteiger partial charge in [0.15, 0.2) is 0 Å². The molecule has 0 aliphatic heterocycles. The highest BCUT2D eigenvalue weighted by molar-refractivity contribution is 9.10. The quantitative estimate of drug-likeness (QED) is 0.895. The van der Waals surface area contributed by atoms with Crippen LogP contribution in [0.5, 0.6) is 0 Å². The maximum Gasteiger partial charge on any atom is 0.137 e. The van der Waals surface area contributed by atoms with Crippen molar-refractivity contribution in [2.45, 2.75) is 12.5 Å². The van der Waals surface area contributed by atoms with Gasteiger partial charge >= 0.3 is 0 Å². The van der Waals surface area contributed by atoms with E-state index in [2.05, 4.69) is 15.9 Å². The van der Waals surface area contributed by atoms with Crippen LogP contribution in [-0.4, -0.2) is 6.54 Å². The summed E-state index contributed by atoms with van der Waals surface area (Å²) in [4.78, 5) is 0. The molecule has 1 rings (SSSR count). The van der Waals surface area contributed by atoms with Crippen LogP contribution in [0, 0.1) is 5.82 Å². The van der Waals surface area contributed by atoms with Crippen molar-refractivity contribution in [2.75, 3.05) is 6.54 Å². The Kier molecular flexibility index (Phi) is 6.27. The van der Waals surface area contributed by atoms with Gasteiger partial charge in [0.2, 0.25) is 0 Å². The molecule has 0 aliphatic rings. The minimum absolute atomic E-state index is 0. The van der Waals surface area contributed by atoms with Crippen molar-refractivity contribution in [1.82, 2.24) is 0 Å². The van der Waals surface area contributed by atoms with Gasteiger partial charge in [-0.25, -0.2) is 4.39 Å². The normalized spacial score (nSPS) is 12.0. The molecule has 0 amide bonds. The number of nitrogens with two attached hydrogens (primary N) is 2. The van der Waals surface area contributed by atoms with E-state index in [1.165, 1.54) is 6.07 Å². The predicted octanol–water partition coefficient (Wildman–Crippen LogP) is 2.36. The van der Waals surface area contributed by atoms with E-state index in [1.807, 2.05) is 0 Å². The number of rotatable bonds is 3. The Morgan fingerprint density at radius 1 is 1.43 bits per heavy atom. The maximum atomic E-state index is 13.0. The van der Waals surface area contributed by atoms with E-state index >= 15 is 0 Å². The molecule has 80 valence electrons. The first-order valence-corrected chi connectivity index (χ1v) is 4.85. The van der Waals surface area contributed by atoms with E-state index in [9.17, 15) is 4.39 Å². The van der Waals surface area contributed by atoms with Gasteiger partial charge in [-0.3, -0.25) is 0 Å². The summed E-state index contributed by atoms with van der Waals surface area (Å²) in [6, 6.07) is 4.64. The molecule has 0 unspecified atom stereocenters. The first kappa shape index (κ1) is 13.8. The van der Waals surface area contributed by atoms with Crippen LogP contribution in [-0.2, 0) is 0 Å². The van der Waals surface area contributed by atoms with Crippen molar-refractivity contribution in [3.8, 4) is 0 Å². The fourth-order valence-corrected chi connectivity index (χ4v) is 1.70. The van der Waals surface area contributed by atoms with Crippen LogP contribution in [0.2, 0.25) is 0 Å². The molecular formula is C9H13BrClFN2. The number of hydrogen-bond acceptors (Lipinski definition) is 2. The average Bonchev–Trinajstić information content (AvgIpc) is 2.10. The number of halogens is 3. The second-order valence-electron chi connectivity index (χ2n) is 2.83. The molecule has 0 spiro atoms. The Hall–Kier alpha value is -0.160. The monoisotopic (exact) mass is 282 g/mol. The Bertz CT molecular complexity index is 296. The molecule has 0 aliphatic carbocycles. The zero-order valence-corrected chi connectivity index (χ0v) is 9.94. The second kappa shape index (κ2) is 6.35. The SMILES string of the molecule is Cl.NCC[C@@H](N)c1cccc(F)c1Br. The summed E-state index contributed by atoms with van der Waals surface area (Å²) >= 11 is 3.15. The van der Waals surface area contributed by atoms with E-state index in [4.69, 9.17) is 11.5 Å². The van der Waals surface area contributed by atoms with Gasteiger partial charge < -0.3 is 11.5 Å². The fraction of sp³-hybridized carbons (Fsp3) is 0.333. The van der Waals surface area contributed by atoms with Gasteiger partial charge in [0.1, 0.15) is 5.82 Å². The zero-order chi connectivity index (χ0) is 9.84. The van der Waals surface area contributed by atoms with Crippen molar-refractivity contribution in [3.63, 3.8) is 0 Å². The van der Waals surface area contributed by atoms with Gasteiger partial charge in [-0.2, -0.15) is 0 Å². The molecule has 0 aromatic heterocycles. The van der Waals surface area contributed by atoms with Gasteiger partial charge in [0, 0.05) is 6.04 Å². The molecule has 1 aromatic rings. The van der Waals surface area contributed by atoms with E-state index < -0.39 is 0 Å². The molecule has 0 heterocycles. The molecular weight excluding hydrogens is 270 g/mol. The largest absolute Gasteiger partial charge is 0.330 e. The third-order valence-electron chi connectivity index (χ3n) is 1.86. The van der Waals surface area contributed by atoms with Crippen LogP contribution >= 0.6 is 28.3 Å². The Balaban J connectivity index is 0.00000169. The third kappa shape index (κ3) is 3.20. The van der Waals surface area contributed by atoms with Gasteiger partial charge in [0.05, 0.1) is 4.47 Å². The van der Waals surface area contributed by atoms with E-state index in [1.54, 1.807) is 12.1 Å². The standard InChI is InChI=1S/C9H12BrFN2.ClH/c10-9-6(8(13)4-5-12)2-1-3-7(9)11;/h1-3,8H,4-5,12-13H2;1H/t8-;/m1./s1. The maximum absolute atomic E-state index is 13.0. The molecule has 4 N–H and O–H groups in total. The smallest absolute Gasteiger partial charge is 0.137 e. The molecule has 14 heavy (non-hydrogen) atoms. The molecule has 0 radical (unpaired) electrons. The Labute approximate surface area is 97.4 Å². The highest BCUT2D eigenvalue weighted by atomic mass is 79.9. The lowest BCUT2D eigenvalue weighted by molar-refractivity contribution is 0.603. The summed E-state index contributed by atoms with van der Waals surface area (Å²) in [6.45, 7) is 0.504. The molecule has 0 saturated heterocycles. The number of hydrogen-bond donors (Lipinski definition) is 2. The van der Waals surface area contributed by atoms with Crippen LogP contribution in [0.25, 0.3) is 0 Å². The topological polar surface area (TPSA) is 52.0 Å². The van der Waals surface area contributed by atoms with Crippen molar-refractivity contribution in [3.05, 3.63) is 34.1 Å². The molecule has 0 saturated carbocycles. The van der Waals surface area contributed by atoms with Crippen LogP contribution in [0.15, 0.2) is 22.7 Å². The lowest BCUT2D eigenvalue weighted by Gasteiger charge is -2.12. The van der Waals surface area contributed by atoms with Gasteiger partial charge in [-0.1, -0.05) is 12.1 Å². The fourth-order valence-electron chi connectivity index (χ4n) is 1.14. The summed E-state index contributed by atoms with van der Waals surface area (Å²) in [6.07, 6.45) is 0.655. The molecule has 1 atom stereocenters. The highest BCUT2D eigenvalue weighted by Crippen LogP contribution is 2.25. The van der Waals surface area contributed by atoms with Crippen molar-refractivity contribution in [2.24, 2.45) is 11.5 Å². The summed E-state index contributed by atoms with van der Waals surface area (Å²) in [5.41, 5.74) is 11.9. The van der Waals surface area contributed by atoms with Gasteiger partial charge in [-0.15, -0.1) is 12.4 Å². The van der Waals surface area contributed by atoms with Crippen LogP contribution in [0.3, 0.4) is 0 Å². The van der Waals surface area contributed by atoms with Crippen LogP contribution < -0.4 is 11.5 Å². The summed E-state index contributed by atoms with van der Waals surface area (Å²) in [5.74, 6) is -0.287. The van der Waals surface area contributed by atoms with E-state index in [0.29, 0.717) is 17.4 Å². The molecule has 0 bridgehead atoms. The summed E-state index contributed by atoms with van der Waals surface area (Å²) in [7, 11) is 0. The molecule has 1 aromatic carbocycles. The highest BCUT2D eigenvalue weighted by Gasteiger charge is 2.11. The molecule has 0 fully saturated rings. The minimum Gasteiger partial charge on any atom is -0.330 e. The number of benzene rings is 1. The van der Waals surface area contributed by atoms with E-state index in [-0.39, 0.29) is 24.3 Å². The first-order valence-electron chi connectivity index (χ1n) is 4.06. The Morgan fingerprint density at radius 3 is 2.64 bits per heavy atom. The summed E-state index contributed by atoms with van der Waals surface area (Å²) < 4.78 is 13.5. The third-order valence-corrected chi connectivity index (χ3v) is 2.70. The van der Waals surface area contributed by atoms with Crippen LogP contribution in [0.4, 0.5) is 4.39 Å². The van der Waals surface area contributed by atoms with Crippen LogP contribution in [0.1, 0.15) is 18.0 Å². The first-order chi connectivity index (χ1) is 6.16. The second-order valence-corrected chi connectivity index (χ2v) is 3.62. The van der Waals surface area contributed by atoms with Crippen molar-refractivity contribution in [1.29, 1.82) is 0 Å². The van der Waals surface area contributed by atoms with Gasteiger partial charge in [0.25, 0.3) is 0 Å². The van der Waals surface area contributed by atoms with Crippen molar-refractivity contribution >= 4 is 28.3 Å². The van der Waals surface area contributed by atoms with Gasteiger partial charge in [-0.05, 0) is 40.5 Å². The predicted molar refractivity (Wildman–Crippen MR) is 61.9 cm³/mol. The van der Waals surface area contributed by atoms with E-state index in [0.717, 1.165) is 5.56 Å². The Morgan fingerprint density at radius 2 is 2.07 bits per heavy atom. The summed E-state index contributed by atoms with van der Waals surface area (Å²) in [5, 5.41) is 0. The lowest BCUT2D eigenvalue weighted by Crippen LogP contribution is -2.16. The molecule has 5 heteroatoms. The lowest BCUT2D eigenvalue weighted by atomic mass is 10.1. The minimum atomic E-state index is -0.287. The molecule has 2 nitrogen and oxygen atoms in total.